The van der Waals surface area contributed by atoms with Crippen molar-refractivity contribution in [2.45, 2.75) is 51.5 Å². The zero-order valence-corrected chi connectivity index (χ0v) is 16.8. The van der Waals surface area contributed by atoms with Crippen molar-refractivity contribution in [1.29, 1.82) is 0 Å². The first-order chi connectivity index (χ1) is 13.8. The van der Waals surface area contributed by atoms with Crippen LogP contribution in [0.15, 0.2) is 18.2 Å². The summed E-state index contributed by atoms with van der Waals surface area (Å²) in [6.07, 6.45) is 7.31. The van der Waals surface area contributed by atoms with Gasteiger partial charge in [0.25, 0.3) is 5.69 Å². The molecule has 4 fully saturated rings. The van der Waals surface area contributed by atoms with Gasteiger partial charge in [0.05, 0.1) is 17.7 Å². The van der Waals surface area contributed by atoms with E-state index in [9.17, 15) is 19.7 Å². The SMILES string of the molecule is COc1ccc([N+](=O)[O-])cc1NC(=O)C(=O)NC(C)C12CC3CC(CC(C3)C1)C2. The summed E-state index contributed by atoms with van der Waals surface area (Å²) in [6.45, 7) is 2.01. The zero-order valence-electron chi connectivity index (χ0n) is 16.8. The minimum absolute atomic E-state index is 0.0823. The van der Waals surface area contributed by atoms with Crippen molar-refractivity contribution in [3.05, 3.63) is 28.3 Å². The quantitative estimate of drug-likeness (QED) is 0.447. The van der Waals surface area contributed by atoms with Gasteiger partial charge in [0.15, 0.2) is 0 Å². The van der Waals surface area contributed by atoms with Gasteiger partial charge in [0.1, 0.15) is 5.75 Å². The van der Waals surface area contributed by atoms with Crippen LogP contribution in [-0.2, 0) is 9.59 Å². The Morgan fingerprint density at radius 1 is 1.14 bits per heavy atom. The first-order valence-electron chi connectivity index (χ1n) is 10.2. The molecule has 0 radical (unpaired) electrons. The molecule has 8 nitrogen and oxygen atoms in total. The van der Waals surface area contributed by atoms with Crippen molar-refractivity contribution < 1.29 is 19.2 Å². The van der Waals surface area contributed by atoms with E-state index in [1.807, 2.05) is 6.92 Å². The lowest BCUT2D eigenvalue weighted by Crippen LogP contribution is -2.57. The number of benzene rings is 1. The molecule has 4 saturated carbocycles. The van der Waals surface area contributed by atoms with E-state index in [1.54, 1.807) is 0 Å². The number of non-ortho nitro benzene ring substituents is 1. The number of ether oxygens (including phenoxy) is 1. The smallest absolute Gasteiger partial charge is 0.313 e. The first-order valence-corrected chi connectivity index (χ1v) is 10.2. The van der Waals surface area contributed by atoms with Crippen molar-refractivity contribution in [3.8, 4) is 5.75 Å². The number of nitro groups is 1. The van der Waals surface area contributed by atoms with Crippen molar-refractivity contribution in [2.24, 2.45) is 23.2 Å². The van der Waals surface area contributed by atoms with Gasteiger partial charge < -0.3 is 15.4 Å². The number of methoxy groups -OCH3 is 1. The lowest BCUT2D eigenvalue weighted by Gasteiger charge is -2.59. The second-order valence-electron chi connectivity index (χ2n) is 9.07. The van der Waals surface area contributed by atoms with Crippen LogP contribution in [0.4, 0.5) is 11.4 Å². The molecular weight excluding hydrogens is 374 g/mol. The third-order valence-electron chi connectivity index (χ3n) is 7.20. The second-order valence-corrected chi connectivity index (χ2v) is 9.07. The summed E-state index contributed by atoms with van der Waals surface area (Å²) < 4.78 is 5.14. The summed E-state index contributed by atoms with van der Waals surface area (Å²) in [7, 11) is 1.39. The van der Waals surface area contributed by atoms with E-state index in [2.05, 4.69) is 10.6 Å². The van der Waals surface area contributed by atoms with Gasteiger partial charge in [-0.15, -0.1) is 0 Å². The maximum atomic E-state index is 12.6. The first kappa shape index (κ1) is 19.7. The Hall–Kier alpha value is -2.64. The summed E-state index contributed by atoms with van der Waals surface area (Å²) >= 11 is 0. The third-order valence-corrected chi connectivity index (χ3v) is 7.20. The van der Waals surface area contributed by atoms with Crippen molar-refractivity contribution in [2.75, 3.05) is 12.4 Å². The van der Waals surface area contributed by atoms with Gasteiger partial charge in [-0.25, -0.2) is 0 Å². The highest BCUT2D eigenvalue weighted by Crippen LogP contribution is 2.61. The fourth-order valence-electron chi connectivity index (χ4n) is 6.21. The van der Waals surface area contributed by atoms with E-state index in [4.69, 9.17) is 4.74 Å². The van der Waals surface area contributed by atoms with E-state index in [0.717, 1.165) is 37.0 Å². The van der Waals surface area contributed by atoms with Crippen LogP contribution in [0, 0.1) is 33.3 Å². The molecule has 4 aliphatic carbocycles. The summed E-state index contributed by atoms with van der Waals surface area (Å²) in [5, 5.41) is 16.4. The van der Waals surface area contributed by atoms with Crippen LogP contribution in [-0.4, -0.2) is 29.9 Å². The Labute approximate surface area is 169 Å². The highest BCUT2D eigenvalue weighted by molar-refractivity contribution is 6.39. The molecule has 5 rings (SSSR count). The molecule has 4 bridgehead atoms. The molecule has 0 saturated heterocycles. The van der Waals surface area contributed by atoms with E-state index >= 15 is 0 Å². The molecule has 1 atom stereocenters. The number of hydrogen-bond acceptors (Lipinski definition) is 5. The van der Waals surface area contributed by atoms with Gasteiger partial charge in [-0.05, 0) is 74.7 Å². The number of carbonyl (C=O) groups is 2. The molecule has 1 aromatic rings. The van der Waals surface area contributed by atoms with E-state index < -0.39 is 16.7 Å². The average Bonchev–Trinajstić information content (AvgIpc) is 2.66. The Bertz CT molecular complexity index is 817. The largest absolute Gasteiger partial charge is 0.495 e. The van der Waals surface area contributed by atoms with Crippen LogP contribution in [0.2, 0.25) is 0 Å². The average molecular weight is 401 g/mol. The Morgan fingerprint density at radius 3 is 2.24 bits per heavy atom. The number of nitrogens with one attached hydrogen (secondary N) is 2. The molecule has 0 aromatic heterocycles. The number of nitro benzene ring substituents is 1. The summed E-state index contributed by atoms with van der Waals surface area (Å²) in [5.74, 6) is 0.948. The molecule has 8 heteroatoms. The maximum absolute atomic E-state index is 12.6. The van der Waals surface area contributed by atoms with Crippen LogP contribution < -0.4 is 15.4 Å². The van der Waals surface area contributed by atoms with E-state index in [0.29, 0.717) is 0 Å². The number of hydrogen-bond donors (Lipinski definition) is 2. The minimum atomic E-state index is -0.847. The van der Waals surface area contributed by atoms with Gasteiger partial charge in [-0.3, -0.25) is 19.7 Å². The predicted octanol–water partition coefficient (Wildman–Crippen LogP) is 3.26. The van der Waals surface area contributed by atoms with Gasteiger partial charge in [-0.2, -0.15) is 0 Å². The van der Waals surface area contributed by atoms with Gasteiger partial charge in [-0.1, -0.05) is 0 Å². The predicted molar refractivity (Wildman–Crippen MR) is 106 cm³/mol. The van der Waals surface area contributed by atoms with Crippen LogP contribution >= 0.6 is 0 Å². The monoisotopic (exact) mass is 401 g/mol. The molecular formula is C21H27N3O5. The fourth-order valence-corrected chi connectivity index (χ4v) is 6.21. The van der Waals surface area contributed by atoms with Crippen LogP contribution in [0.25, 0.3) is 0 Å². The highest BCUT2D eigenvalue weighted by atomic mass is 16.6. The van der Waals surface area contributed by atoms with Crippen LogP contribution in [0.5, 0.6) is 5.75 Å². The topological polar surface area (TPSA) is 111 Å². The van der Waals surface area contributed by atoms with Crippen molar-refractivity contribution >= 4 is 23.2 Å². The molecule has 2 N–H and O–H groups in total. The second kappa shape index (κ2) is 7.31. The summed E-state index contributed by atoms with van der Waals surface area (Å²) in [5.41, 5.74) is 0.00114. The Morgan fingerprint density at radius 2 is 1.72 bits per heavy atom. The normalized spacial score (nSPS) is 30.5. The standard InChI is InChI=1S/C21H27N3O5/c1-12(21-9-13-5-14(10-21)7-15(6-13)11-21)22-19(25)20(26)23-17-8-16(24(27)28)3-4-18(17)29-2/h3-4,8,12-15H,5-7,9-11H2,1-2H3,(H,22,25)(H,23,26). The molecule has 156 valence electrons. The Kier molecular flexibility index (Phi) is 4.96. The van der Waals surface area contributed by atoms with Crippen molar-refractivity contribution in [3.63, 3.8) is 0 Å². The zero-order chi connectivity index (χ0) is 20.8. The van der Waals surface area contributed by atoms with Crippen LogP contribution in [0.1, 0.15) is 45.4 Å². The van der Waals surface area contributed by atoms with Gasteiger partial charge in [0.2, 0.25) is 0 Å². The third kappa shape index (κ3) is 3.68. The minimum Gasteiger partial charge on any atom is -0.495 e. The number of anilines is 1. The number of nitrogens with zero attached hydrogens (tertiary/aromatic N) is 1. The summed E-state index contributed by atoms with van der Waals surface area (Å²) in [6, 6.07) is 3.78. The van der Waals surface area contributed by atoms with Crippen LogP contribution in [0.3, 0.4) is 0 Å². The molecule has 0 aliphatic heterocycles. The molecule has 0 spiro atoms. The summed E-state index contributed by atoms with van der Waals surface area (Å²) in [4.78, 5) is 35.5. The van der Waals surface area contributed by atoms with Gasteiger partial charge in [0, 0.05) is 18.2 Å². The molecule has 4 aliphatic rings. The Balaban J connectivity index is 1.43. The molecule has 0 heterocycles. The molecule has 29 heavy (non-hydrogen) atoms. The lowest BCUT2D eigenvalue weighted by atomic mass is 9.48. The fraction of sp³-hybridized carbons (Fsp3) is 0.619. The van der Waals surface area contributed by atoms with E-state index in [-0.39, 0.29) is 28.6 Å². The number of rotatable bonds is 5. The molecule has 1 aromatic carbocycles. The number of amides is 2. The lowest BCUT2D eigenvalue weighted by molar-refractivity contribution is -0.384. The molecule has 1 unspecified atom stereocenters. The van der Waals surface area contributed by atoms with Crippen molar-refractivity contribution in [1.82, 2.24) is 5.32 Å². The van der Waals surface area contributed by atoms with E-state index in [1.165, 1.54) is 44.6 Å². The van der Waals surface area contributed by atoms with Gasteiger partial charge >= 0.3 is 11.8 Å². The maximum Gasteiger partial charge on any atom is 0.313 e. The number of carbonyl (C=O) groups excluding carboxylic acids is 2. The highest BCUT2D eigenvalue weighted by Gasteiger charge is 2.53. The molecule has 2 amide bonds.